The minimum atomic E-state index is -0.370. The third-order valence-corrected chi connectivity index (χ3v) is 4.92. The van der Waals surface area contributed by atoms with Gasteiger partial charge in [-0.2, -0.15) is 0 Å². The Morgan fingerprint density at radius 3 is 2.92 bits per heavy atom. The fourth-order valence-corrected chi connectivity index (χ4v) is 3.63. The molecule has 2 N–H and O–H groups in total. The summed E-state index contributed by atoms with van der Waals surface area (Å²) in [5.74, 6) is 0.462. The fraction of sp³-hybridized carbons (Fsp3) is 0.389. The first-order valence-corrected chi connectivity index (χ1v) is 9.28. The molecule has 0 bridgehead atoms. The number of nitrogens with zero attached hydrogens (tertiary/aromatic N) is 2. The second-order valence-corrected chi connectivity index (χ2v) is 7.34. The van der Waals surface area contributed by atoms with Crippen LogP contribution in [0.15, 0.2) is 29.6 Å². The van der Waals surface area contributed by atoms with E-state index in [0.717, 1.165) is 31.5 Å². The number of urea groups is 1. The Morgan fingerprint density at radius 2 is 2.16 bits per heavy atom. The molecular weight excluding hydrogens is 336 g/mol. The van der Waals surface area contributed by atoms with Crippen molar-refractivity contribution in [2.45, 2.75) is 26.7 Å². The molecule has 0 aliphatic carbocycles. The highest BCUT2D eigenvalue weighted by molar-refractivity contribution is 7.14. The Balaban J connectivity index is 1.59. The number of aryl methyl sites for hydroxylation is 1. The first-order valence-electron chi connectivity index (χ1n) is 8.41. The van der Waals surface area contributed by atoms with E-state index in [1.54, 1.807) is 5.38 Å². The third-order valence-electron chi connectivity index (χ3n) is 4.16. The number of benzene rings is 1. The highest BCUT2D eigenvalue weighted by atomic mass is 32.1. The van der Waals surface area contributed by atoms with Crippen LogP contribution in [0.2, 0.25) is 0 Å². The largest absolute Gasteiger partial charge is 0.337 e. The lowest BCUT2D eigenvalue weighted by molar-refractivity contribution is 0.0678. The molecular formula is C18H22N4O2S. The van der Waals surface area contributed by atoms with E-state index in [0.29, 0.717) is 22.4 Å². The Morgan fingerprint density at radius 1 is 1.32 bits per heavy atom. The van der Waals surface area contributed by atoms with Crippen molar-refractivity contribution in [3.05, 3.63) is 40.9 Å². The Kier molecular flexibility index (Phi) is 5.33. The summed E-state index contributed by atoms with van der Waals surface area (Å²) in [5, 5.41) is 7.56. The summed E-state index contributed by atoms with van der Waals surface area (Å²) in [5.41, 5.74) is 2.17. The van der Waals surface area contributed by atoms with Crippen LogP contribution in [0.1, 0.15) is 35.8 Å². The van der Waals surface area contributed by atoms with E-state index in [9.17, 15) is 9.59 Å². The van der Waals surface area contributed by atoms with Crippen molar-refractivity contribution in [2.75, 3.05) is 23.7 Å². The smallest absolute Gasteiger partial charge is 0.325 e. The van der Waals surface area contributed by atoms with Crippen LogP contribution in [0.25, 0.3) is 0 Å². The molecule has 3 rings (SSSR count). The van der Waals surface area contributed by atoms with Crippen molar-refractivity contribution in [1.29, 1.82) is 0 Å². The molecule has 1 aromatic heterocycles. The van der Waals surface area contributed by atoms with Crippen molar-refractivity contribution >= 4 is 34.1 Å². The summed E-state index contributed by atoms with van der Waals surface area (Å²) in [6.45, 7) is 5.66. The van der Waals surface area contributed by atoms with Crippen LogP contribution < -0.4 is 10.6 Å². The lowest BCUT2D eigenvalue weighted by Gasteiger charge is -2.30. The number of aromatic nitrogens is 1. The van der Waals surface area contributed by atoms with Gasteiger partial charge in [0, 0.05) is 24.2 Å². The normalized spacial score (nSPS) is 17.2. The van der Waals surface area contributed by atoms with Crippen molar-refractivity contribution in [3.63, 3.8) is 0 Å². The predicted molar refractivity (Wildman–Crippen MR) is 100 cm³/mol. The van der Waals surface area contributed by atoms with Crippen LogP contribution in [0.3, 0.4) is 0 Å². The first-order chi connectivity index (χ1) is 12.0. The molecule has 3 amide bonds. The number of hydrogen-bond donors (Lipinski definition) is 2. The number of anilines is 2. The van der Waals surface area contributed by atoms with Gasteiger partial charge in [0.05, 0.1) is 0 Å². The molecule has 1 fully saturated rings. The van der Waals surface area contributed by atoms with E-state index in [1.165, 1.54) is 11.3 Å². The van der Waals surface area contributed by atoms with Gasteiger partial charge in [0.1, 0.15) is 5.69 Å². The standard InChI is InChI=1S/C18H22N4O2S/c1-12-5-3-7-14(9-12)19-17(24)21-18-20-15(11-25-18)16(23)22-8-4-6-13(2)10-22/h3,5,7,9,11,13H,4,6,8,10H2,1-2H3,(H2,19,20,21,24). The molecule has 1 aliphatic heterocycles. The van der Waals surface area contributed by atoms with Gasteiger partial charge in [-0.1, -0.05) is 19.1 Å². The highest BCUT2D eigenvalue weighted by Crippen LogP contribution is 2.21. The molecule has 1 saturated heterocycles. The molecule has 6 nitrogen and oxygen atoms in total. The molecule has 1 unspecified atom stereocenters. The van der Waals surface area contributed by atoms with Gasteiger partial charge in [0.15, 0.2) is 5.13 Å². The number of rotatable bonds is 3. The summed E-state index contributed by atoms with van der Waals surface area (Å²) in [7, 11) is 0. The van der Waals surface area contributed by atoms with Gasteiger partial charge in [-0.3, -0.25) is 10.1 Å². The SMILES string of the molecule is Cc1cccc(NC(=O)Nc2nc(C(=O)N3CCCC(C)C3)cs2)c1. The lowest BCUT2D eigenvalue weighted by atomic mass is 10.0. The number of hydrogen-bond acceptors (Lipinski definition) is 4. The monoisotopic (exact) mass is 358 g/mol. The minimum Gasteiger partial charge on any atom is -0.337 e. The van der Waals surface area contributed by atoms with Crippen molar-refractivity contribution in [3.8, 4) is 0 Å². The first kappa shape index (κ1) is 17.4. The average molecular weight is 358 g/mol. The zero-order chi connectivity index (χ0) is 17.8. The number of carbonyl (C=O) groups is 2. The zero-order valence-corrected chi connectivity index (χ0v) is 15.2. The molecule has 132 valence electrons. The van der Waals surface area contributed by atoms with Crippen LogP contribution in [0.5, 0.6) is 0 Å². The summed E-state index contributed by atoms with van der Waals surface area (Å²) in [4.78, 5) is 30.7. The van der Waals surface area contributed by atoms with Crippen LogP contribution in [-0.4, -0.2) is 34.9 Å². The van der Waals surface area contributed by atoms with Crippen LogP contribution >= 0.6 is 11.3 Å². The van der Waals surface area contributed by atoms with E-state index in [2.05, 4.69) is 22.5 Å². The molecule has 2 heterocycles. The number of nitrogens with one attached hydrogen (secondary N) is 2. The van der Waals surface area contributed by atoms with E-state index in [-0.39, 0.29) is 11.9 Å². The van der Waals surface area contributed by atoms with Crippen LogP contribution in [0.4, 0.5) is 15.6 Å². The number of likely N-dealkylation sites (tertiary alicyclic amines) is 1. The highest BCUT2D eigenvalue weighted by Gasteiger charge is 2.24. The second-order valence-electron chi connectivity index (χ2n) is 6.49. The van der Waals surface area contributed by atoms with Crippen molar-refractivity contribution < 1.29 is 9.59 Å². The fourth-order valence-electron chi connectivity index (χ4n) is 2.95. The Labute approximate surface area is 151 Å². The molecule has 0 saturated carbocycles. The maximum atomic E-state index is 12.5. The molecule has 7 heteroatoms. The predicted octanol–water partition coefficient (Wildman–Crippen LogP) is 3.97. The number of thiazole rings is 1. The summed E-state index contributed by atoms with van der Waals surface area (Å²) < 4.78 is 0. The summed E-state index contributed by atoms with van der Waals surface area (Å²) >= 11 is 1.25. The van der Waals surface area contributed by atoms with Crippen LogP contribution in [0, 0.1) is 12.8 Å². The molecule has 2 aromatic rings. The van der Waals surface area contributed by atoms with E-state index in [4.69, 9.17) is 0 Å². The van der Waals surface area contributed by atoms with Crippen molar-refractivity contribution in [2.24, 2.45) is 5.92 Å². The van der Waals surface area contributed by atoms with E-state index in [1.807, 2.05) is 36.1 Å². The number of carbonyl (C=O) groups excluding carboxylic acids is 2. The quantitative estimate of drug-likeness (QED) is 0.872. The molecule has 25 heavy (non-hydrogen) atoms. The van der Waals surface area contributed by atoms with E-state index < -0.39 is 0 Å². The molecule has 1 aromatic carbocycles. The van der Waals surface area contributed by atoms with Gasteiger partial charge < -0.3 is 10.2 Å². The minimum absolute atomic E-state index is 0.0602. The van der Waals surface area contributed by atoms with Gasteiger partial charge in [-0.15, -0.1) is 11.3 Å². The third kappa shape index (κ3) is 4.57. The second kappa shape index (κ2) is 7.65. The van der Waals surface area contributed by atoms with Crippen LogP contribution in [-0.2, 0) is 0 Å². The van der Waals surface area contributed by atoms with Gasteiger partial charge in [-0.05, 0) is 43.4 Å². The zero-order valence-electron chi connectivity index (χ0n) is 14.4. The van der Waals surface area contributed by atoms with Gasteiger partial charge in [0.25, 0.3) is 5.91 Å². The van der Waals surface area contributed by atoms with E-state index >= 15 is 0 Å². The summed E-state index contributed by atoms with van der Waals surface area (Å²) in [6.07, 6.45) is 2.19. The average Bonchev–Trinajstić information content (AvgIpc) is 3.02. The Bertz CT molecular complexity index is 774. The maximum Gasteiger partial charge on any atom is 0.325 e. The molecule has 0 radical (unpaired) electrons. The topological polar surface area (TPSA) is 74.3 Å². The van der Waals surface area contributed by atoms with Crippen molar-refractivity contribution in [1.82, 2.24) is 9.88 Å². The lowest BCUT2D eigenvalue weighted by Crippen LogP contribution is -2.39. The number of amides is 3. The van der Waals surface area contributed by atoms with Gasteiger partial charge in [-0.25, -0.2) is 9.78 Å². The maximum absolute atomic E-state index is 12.5. The molecule has 0 spiro atoms. The van der Waals surface area contributed by atoms with Gasteiger partial charge in [0.2, 0.25) is 0 Å². The Hall–Kier alpha value is -2.41. The number of piperidine rings is 1. The molecule has 1 aliphatic rings. The summed E-state index contributed by atoms with van der Waals surface area (Å²) in [6, 6.07) is 7.17. The molecule has 1 atom stereocenters. The van der Waals surface area contributed by atoms with Gasteiger partial charge >= 0.3 is 6.03 Å².